The van der Waals surface area contributed by atoms with Gasteiger partial charge in [-0.05, 0) is 25.8 Å². The Morgan fingerprint density at radius 2 is 1.98 bits per heavy atom. The molecule has 0 saturated heterocycles. The number of imidazole rings is 1. The van der Waals surface area contributed by atoms with Crippen molar-refractivity contribution in [1.29, 1.82) is 0 Å². The Bertz CT molecular complexity index is 1550. The third-order valence-electron chi connectivity index (χ3n) is 5.85. The Morgan fingerprint density at radius 3 is 2.55 bits per heavy atom. The second-order valence-corrected chi connectivity index (χ2v) is 8.60. The number of nitrogens with one attached hydrogen (secondary N) is 1. The summed E-state index contributed by atoms with van der Waals surface area (Å²) in [6, 6.07) is 9.02. The Balaban J connectivity index is 1.70. The summed E-state index contributed by atoms with van der Waals surface area (Å²) in [6.07, 6.45) is -1.54. The topological polar surface area (TPSA) is 119 Å². The summed E-state index contributed by atoms with van der Waals surface area (Å²) in [6.45, 7) is 3.10. The number of aromatic nitrogens is 5. The lowest BCUT2D eigenvalue weighted by atomic mass is 10.0. The highest BCUT2D eigenvalue weighted by Gasteiger charge is 2.57. The molecule has 2 N–H and O–H groups in total. The van der Waals surface area contributed by atoms with Crippen molar-refractivity contribution in [3.05, 3.63) is 89.6 Å². The van der Waals surface area contributed by atoms with Gasteiger partial charge in [0.05, 0.1) is 18.8 Å². The van der Waals surface area contributed by atoms with Crippen molar-refractivity contribution in [2.75, 3.05) is 6.54 Å². The third-order valence-corrected chi connectivity index (χ3v) is 5.85. The quantitative estimate of drug-likeness (QED) is 0.180. The van der Waals surface area contributed by atoms with Crippen LogP contribution in [0.5, 0.6) is 0 Å². The summed E-state index contributed by atoms with van der Waals surface area (Å²) >= 11 is 0. The van der Waals surface area contributed by atoms with Gasteiger partial charge in [-0.25, -0.2) is 23.7 Å². The molecule has 4 rings (SSSR count). The van der Waals surface area contributed by atoms with E-state index in [0.717, 1.165) is 17.7 Å². The summed E-state index contributed by atoms with van der Waals surface area (Å²) in [5.74, 6) is -3.13. The lowest BCUT2D eigenvalue weighted by Gasteiger charge is -2.30. The van der Waals surface area contributed by atoms with Gasteiger partial charge in [-0.2, -0.15) is 18.3 Å². The molecule has 1 atom stereocenters. The van der Waals surface area contributed by atoms with Gasteiger partial charge in [0.1, 0.15) is 29.3 Å². The first kappa shape index (κ1) is 28.4. The van der Waals surface area contributed by atoms with Gasteiger partial charge in [-0.1, -0.05) is 23.4 Å². The van der Waals surface area contributed by atoms with Crippen LogP contribution in [0.1, 0.15) is 24.0 Å². The van der Waals surface area contributed by atoms with Gasteiger partial charge >= 0.3 is 6.18 Å². The van der Waals surface area contributed by atoms with Gasteiger partial charge in [0.15, 0.2) is 17.5 Å². The molecule has 0 aliphatic heterocycles. The molecule has 210 valence electrons. The highest BCUT2D eigenvalue weighted by molar-refractivity contribution is 6.01. The first-order valence-corrected chi connectivity index (χ1v) is 11.6. The Labute approximate surface area is 224 Å². The van der Waals surface area contributed by atoms with Crippen molar-refractivity contribution in [3.8, 4) is 11.4 Å². The van der Waals surface area contributed by atoms with E-state index in [0.29, 0.717) is 17.0 Å². The number of aliphatic hydroxyl groups is 1. The Morgan fingerprint density at radius 1 is 1.23 bits per heavy atom. The minimum absolute atomic E-state index is 0.0278. The number of hydrogen-bond donors (Lipinski definition) is 2. The fraction of sp³-hybridized carbons (Fsp3) is 0.240. The van der Waals surface area contributed by atoms with Crippen LogP contribution in [0.15, 0.2) is 81.2 Å². The standard InChI is InChI=1S/C25H23F5N8O2/c1-15(26)21(33-14-24(39,25(28,29)30)23-32-9-10-37(23)3)34-22(31-2)19-12-20(18-8-11-40-36-18)38(35-19)13-16-6-4-5-7-17(16)27/h4-12,33,39H,2,13-14H2,1,3H3/b21-15+,34-22-. The molecule has 0 fully saturated rings. The zero-order valence-corrected chi connectivity index (χ0v) is 21.2. The SMILES string of the molecule is C=N/C(=N\C(NCC(O)(c1nccn1C)C(F)(F)F)=C(/C)F)c1cc(-c2ccon2)n(Cc2ccccc2F)n1. The van der Waals surface area contributed by atoms with Gasteiger partial charge in [-0.15, -0.1) is 0 Å². The molecule has 0 spiro atoms. The lowest BCUT2D eigenvalue weighted by Crippen LogP contribution is -2.51. The number of aryl methyl sites for hydroxylation is 1. The van der Waals surface area contributed by atoms with E-state index in [4.69, 9.17) is 4.52 Å². The largest absolute Gasteiger partial charge is 0.426 e. The van der Waals surface area contributed by atoms with Crippen LogP contribution in [0, 0.1) is 5.82 Å². The van der Waals surface area contributed by atoms with Gasteiger partial charge in [0, 0.05) is 31.1 Å². The van der Waals surface area contributed by atoms with Crippen LogP contribution in [-0.4, -0.2) is 54.9 Å². The molecular weight excluding hydrogens is 539 g/mol. The zero-order chi connectivity index (χ0) is 29.1. The second-order valence-electron chi connectivity index (χ2n) is 8.60. The molecule has 3 aromatic heterocycles. The number of aliphatic imine (C=N–C) groups is 2. The van der Waals surface area contributed by atoms with E-state index in [2.05, 4.69) is 37.3 Å². The summed E-state index contributed by atoms with van der Waals surface area (Å²) in [5.41, 5.74) is -2.46. The van der Waals surface area contributed by atoms with Crippen LogP contribution in [-0.2, 0) is 19.2 Å². The average molecular weight is 563 g/mol. The van der Waals surface area contributed by atoms with Crippen molar-refractivity contribution in [2.24, 2.45) is 17.0 Å². The van der Waals surface area contributed by atoms with Crippen LogP contribution >= 0.6 is 0 Å². The summed E-state index contributed by atoms with van der Waals surface area (Å²) < 4.78 is 77.8. The highest BCUT2D eigenvalue weighted by Crippen LogP contribution is 2.37. The number of amidine groups is 1. The van der Waals surface area contributed by atoms with Gasteiger partial charge < -0.3 is 19.5 Å². The Hall–Kier alpha value is -4.66. The van der Waals surface area contributed by atoms with Crippen LogP contribution < -0.4 is 5.32 Å². The first-order valence-electron chi connectivity index (χ1n) is 11.6. The molecule has 40 heavy (non-hydrogen) atoms. The monoisotopic (exact) mass is 562 g/mol. The number of allylic oxidation sites excluding steroid dienone is 1. The number of halogens is 5. The predicted octanol–water partition coefficient (Wildman–Crippen LogP) is 4.10. The molecular formula is C25H23F5N8O2. The molecule has 10 nitrogen and oxygen atoms in total. The molecule has 15 heteroatoms. The smallest absolute Gasteiger partial charge is 0.373 e. The van der Waals surface area contributed by atoms with Crippen molar-refractivity contribution in [3.63, 3.8) is 0 Å². The highest BCUT2D eigenvalue weighted by atomic mass is 19.4. The minimum Gasteiger partial charge on any atom is -0.373 e. The van der Waals surface area contributed by atoms with E-state index >= 15 is 0 Å². The van der Waals surface area contributed by atoms with Gasteiger partial charge in [0.25, 0.3) is 0 Å². The fourth-order valence-corrected chi connectivity index (χ4v) is 3.79. The van der Waals surface area contributed by atoms with Crippen LogP contribution in [0.25, 0.3) is 11.4 Å². The Kier molecular flexibility index (Phi) is 7.95. The van der Waals surface area contributed by atoms with Crippen LogP contribution in [0.2, 0.25) is 0 Å². The normalized spacial score (nSPS) is 14.6. The van der Waals surface area contributed by atoms with Crippen LogP contribution in [0.3, 0.4) is 0 Å². The molecule has 0 bridgehead atoms. The predicted molar refractivity (Wildman–Crippen MR) is 134 cm³/mol. The maximum atomic E-state index is 14.5. The van der Waals surface area contributed by atoms with E-state index in [-0.39, 0.29) is 18.1 Å². The maximum Gasteiger partial charge on any atom is 0.426 e. The zero-order valence-electron chi connectivity index (χ0n) is 21.2. The second kappa shape index (κ2) is 11.2. The van der Waals surface area contributed by atoms with E-state index in [1.807, 2.05) is 0 Å². The van der Waals surface area contributed by atoms with Crippen molar-refractivity contribution in [1.82, 2.24) is 29.8 Å². The molecule has 0 aliphatic carbocycles. The van der Waals surface area contributed by atoms with Crippen LogP contribution in [0.4, 0.5) is 22.0 Å². The average Bonchev–Trinajstić information content (AvgIpc) is 3.66. The summed E-state index contributed by atoms with van der Waals surface area (Å²) in [4.78, 5) is 11.4. The molecule has 0 saturated carbocycles. The van der Waals surface area contributed by atoms with E-state index < -0.39 is 41.6 Å². The molecule has 1 unspecified atom stereocenters. The van der Waals surface area contributed by atoms with E-state index in [9.17, 15) is 27.1 Å². The number of hydrogen-bond acceptors (Lipinski definition) is 7. The molecule has 0 aliphatic rings. The molecule has 1 aromatic carbocycles. The minimum atomic E-state index is -5.17. The number of benzene rings is 1. The third kappa shape index (κ3) is 5.68. The molecule has 4 aromatic rings. The van der Waals surface area contributed by atoms with Crippen molar-refractivity contribution < 1.29 is 31.6 Å². The van der Waals surface area contributed by atoms with Crippen molar-refractivity contribution >= 4 is 12.6 Å². The van der Waals surface area contributed by atoms with Gasteiger partial charge in [-0.3, -0.25) is 4.68 Å². The fourth-order valence-electron chi connectivity index (χ4n) is 3.79. The van der Waals surface area contributed by atoms with E-state index in [1.165, 1.54) is 48.5 Å². The first-order chi connectivity index (χ1) is 18.9. The number of nitrogens with zero attached hydrogens (tertiary/aromatic N) is 7. The summed E-state index contributed by atoms with van der Waals surface area (Å²) in [5, 5.41) is 21.0. The number of alkyl halides is 3. The van der Waals surface area contributed by atoms with Gasteiger partial charge in [0.2, 0.25) is 5.60 Å². The maximum absolute atomic E-state index is 14.5. The number of rotatable bonds is 9. The molecule has 0 amide bonds. The lowest BCUT2D eigenvalue weighted by molar-refractivity contribution is -0.267. The molecule has 3 heterocycles. The van der Waals surface area contributed by atoms with E-state index in [1.54, 1.807) is 12.1 Å². The van der Waals surface area contributed by atoms with Crippen molar-refractivity contribution in [2.45, 2.75) is 25.2 Å². The molecule has 0 radical (unpaired) electrons. The summed E-state index contributed by atoms with van der Waals surface area (Å²) in [7, 11) is 1.28.